The molecule has 1 atom stereocenters. The van der Waals surface area contributed by atoms with Crippen LogP contribution in [0.25, 0.3) is 0 Å². The van der Waals surface area contributed by atoms with E-state index in [1.165, 1.54) is 6.92 Å². The average molecular weight is 390 g/mol. The first kappa shape index (κ1) is 22.2. The molecule has 156 valence electrons. The molecule has 0 saturated carbocycles. The van der Waals surface area contributed by atoms with Gasteiger partial charge in [0.2, 0.25) is 11.8 Å². The highest BCUT2D eigenvalue weighted by atomic mass is 16.5. The molecule has 0 aliphatic carbocycles. The van der Waals surface area contributed by atoms with E-state index in [0.29, 0.717) is 26.1 Å². The van der Waals surface area contributed by atoms with E-state index < -0.39 is 0 Å². The van der Waals surface area contributed by atoms with Crippen molar-refractivity contribution in [3.8, 4) is 0 Å². The Morgan fingerprint density at radius 1 is 1.14 bits per heavy atom. The Hall–Kier alpha value is -2.08. The van der Waals surface area contributed by atoms with Crippen molar-refractivity contribution in [3.63, 3.8) is 0 Å². The molecule has 1 unspecified atom stereocenters. The van der Waals surface area contributed by atoms with Crippen molar-refractivity contribution in [2.24, 2.45) is 0 Å². The van der Waals surface area contributed by atoms with E-state index >= 15 is 0 Å². The van der Waals surface area contributed by atoms with Crippen molar-refractivity contribution >= 4 is 17.5 Å². The zero-order valence-electron chi connectivity index (χ0n) is 17.6. The topological polar surface area (TPSA) is 61.9 Å². The summed E-state index contributed by atoms with van der Waals surface area (Å²) < 4.78 is 5.76. The molecular formula is C22H35N3O3. The largest absolute Gasteiger partial charge is 0.378 e. The van der Waals surface area contributed by atoms with Crippen LogP contribution in [-0.2, 0) is 20.9 Å². The second kappa shape index (κ2) is 11.7. The molecule has 1 aromatic rings. The quantitative estimate of drug-likeness (QED) is 0.591. The van der Waals surface area contributed by atoms with Crippen molar-refractivity contribution < 1.29 is 14.3 Å². The highest BCUT2D eigenvalue weighted by Crippen LogP contribution is 2.18. The van der Waals surface area contributed by atoms with E-state index in [-0.39, 0.29) is 17.9 Å². The Morgan fingerprint density at radius 3 is 2.50 bits per heavy atom. The minimum Gasteiger partial charge on any atom is -0.378 e. The van der Waals surface area contributed by atoms with Gasteiger partial charge >= 0.3 is 0 Å². The Kier molecular flexibility index (Phi) is 9.28. The third-order valence-electron chi connectivity index (χ3n) is 5.07. The predicted octanol–water partition coefficient (Wildman–Crippen LogP) is 2.96. The molecule has 0 bridgehead atoms. The van der Waals surface area contributed by atoms with Gasteiger partial charge in [0, 0.05) is 59.4 Å². The van der Waals surface area contributed by atoms with Gasteiger partial charge in [-0.3, -0.25) is 9.59 Å². The maximum atomic E-state index is 12.8. The molecule has 1 fully saturated rings. The Balaban J connectivity index is 1.86. The molecule has 6 nitrogen and oxygen atoms in total. The fourth-order valence-corrected chi connectivity index (χ4v) is 3.41. The van der Waals surface area contributed by atoms with Crippen LogP contribution in [0.4, 0.5) is 5.69 Å². The lowest BCUT2D eigenvalue weighted by atomic mass is 10.1. The lowest BCUT2D eigenvalue weighted by molar-refractivity contribution is -0.133. The first-order valence-electron chi connectivity index (χ1n) is 10.4. The number of carbonyl (C=O) groups excluding carboxylic acids is 2. The number of hydrogen-bond acceptors (Lipinski definition) is 4. The standard InChI is InChI=1S/C22H35N3O3/c1-18(26)23-14-6-4-5-9-22(27)25(17-21-8-7-15-28-21)16-19-10-12-20(13-11-19)24(2)3/h10-13,21H,4-9,14-17H2,1-3H3,(H,23,26). The molecule has 2 rings (SSSR count). The van der Waals surface area contributed by atoms with Crippen LogP contribution in [0.1, 0.15) is 51.0 Å². The molecule has 0 spiro atoms. The fraction of sp³-hybridized carbons (Fsp3) is 0.636. The van der Waals surface area contributed by atoms with Crippen LogP contribution in [-0.4, -0.2) is 56.6 Å². The first-order chi connectivity index (χ1) is 13.5. The van der Waals surface area contributed by atoms with E-state index in [9.17, 15) is 9.59 Å². The van der Waals surface area contributed by atoms with Gasteiger partial charge in [-0.2, -0.15) is 0 Å². The van der Waals surface area contributed by atoms with Gasteiger partial charge in [0.05, 0.1) is 6.10 Å². The van der Waals surface area contributed by atoms with Crippen molar-refractivity contribution in [2.75, 3.05) is 38.7 Å². The van der Waals surface area contributed by atoms with E-state index in [0.717, 1.165) is 50.0 Å². The summed E-state index contributed by atoms with van der Waals surface area (Å²) in [4.78, 5) is 27.8. The van der Waals surface area contributed by atoms with Crippen LogP contribution in [0.2, 0.25) is 0 Å². The third kappa shape index (κ3) is 7.89. The number of anilines is 1. The summed E-state index contributed by atoms with van der Waals surface area (Å²) in [5, 5.41) is 2.80. The predicted molar refractivity (Wildman–Crippen MR) is 112 cm³/mol. The lowest BCUT2D eigenvalue weighted by Crippen LogP contribution is -2.36. The Labute approximate surface area is 169 Å². The Morgan fingerprint density at radius 2 is 1.89 bits per heavy atom. The van der Waals surface area contributed by atoms with Gasteiger partial charge in [0.1, 0.15) is 0 Å². The summed E-state index contributed by atoms with van der Waals surface area (Å²) in [7, 11) is 4.04. The second-order valence-corrected chi connectivity index (χ2v) is 7.76. The van der Waals surface area contributed by atoms with Crippen LogP contribution in [0.3, 0.4) is 0 Å². The lowest BCUT2D eigenvalue weighted by Gasteiger charge is -2.26. The van der Waals surface area contributed by atoms with E-state index in [1.807, 2.05) is 19.0 Å². The first-order valence-corrected chi connectivity index (χ1v) is 10.4. The number of unbranched alkanes of at least 4 members (excludes halogenated alkanes) is 2. The van der Waals surface area contributed by atoms with Gasteiger partial charge < -0.3 is 19.9 Å². The summed E-state index contributed by atoms with van der Waals surface area (Å²) in [6, 6.07) is 8.37. The van der Waals surface area contributed by atoms with Crippen molar-refractivity contribution in [2.45, 2.75) is 58.1 Å². The summed E-state index contributed by atoms with van der Waals surface area (Å²) in [6.45, 7) is 4.30. The molecule has 2 amide bonds. The number of ether oxygens (including phenoxy) is 1. The molecule has 6 heteroatoms. The normalized spacial score (nSPS) is 16.0. The van der Waals surface area contributed by atoms with Crippen LogP contribution in [0, 0.1) is 0 Å². The van der Waals surface area contributed by atoms with Gasteiger partial charge in [-0.25, -0.2) is 0 Å². The molecular weight excluding hydrogens is 354 g/mol. The van der Waals surface area contributed by atoms with Gasteiger partial charge in [-0.1, -0.05) is 18.6 Å². The smallest absolute Gasteiger partial charge is 0.222 e. The number of rotatable bonds is 11. The monoisotopic (exact) mass is 389 g/mol. The second-order valence-electron chi connectivity index (χ2n) is 7.76. The van der Waals surface area contributed by atoms with Crippen molar-refractivity contribution in [1.29, 1.82) is 0 Å². The molecule has 28 heavy (non-hydrogen) atoms. The van der Waals surface area contributed by atoms with Gasteiger partial charge in [-0.05, 0) is 43.4 Å². The number of nitrogens with zero attached hydrogens (tertiary/aromatic N) is 2. The fourth-order valence-electron chi connectivity index (χ4n) is 3.41. The van der Waals surface area contributed by atoms with Gasteiger partial charge in [0.25, 0.3) is 0 Å². The van der Waals surface area contributed by atoms with E-state index in [1.54, 1.807) is 0 Å². The number of benzene rings is 1. The highest BCUT2D eigenvalue weighted by Gasteiger charge is 2.22. The van der Waals surface area contributed by atoms with Gasteiger partial charge in [0.15, 0.2) is 0 Å². The Bertz CT molecular complexity index is 610. The number of nitrogens with one attached hydrogen (secondary N) is 1. The number of amides is 2. The summed E-state index contributed by atoms with van der Waals surface area (Å²) in [5.41, 5.74) is 2.29. The van der Waals surface area contributed by atoms with Crippen LogP contribution in [0.15, 0.2) is 24.3 Å². The zero-order valence-corrected chi connectivity index (χ0v) is 17.6. The number of hydrogen-bond donors (Lipinski definition) is 1. The van der Waals surface area contributed by atoms with Crippen LogP contribution >= 0.6 is 0 Å². The third-order valence-corrected chi connectivity index (χ3v) is 5.07. The summed E-state index contributed by atoms with van der Waals surface area (Å²) in [6.07, 6.45) is 5.50. The van der Waals surface area contributed by atoms with E-state index in [2.05, 4.69) is 34.5 Å². The number of carbonyl (C=O) groups is 2. The van der Waals surface area contributed by atoms with Crippen molar-refractivity contribution in [3.05, 3.63) is 29.8 Å². The molecule has 1 N–H and O–H groups in total. The SMILES string of the molecule is CC(=O)NCCCCCC(=O)N(Cc1ccc(N(C)C)cc1)CC1CCCO1. The minimum atomic E-state index is -0.000833. The molecule has 0 radical (unpaired) electrons. The minimum absolute atomic E-state index is 0.000833. The molecule has 1 aliphatic rings. The molecule has 1 aromatic carbocycles. The van der Waals surface area contributed by atoms with Crippen LogP contribution in [0.5, 0.6) is 0 Å². The molecule has 1 aliphatic heterocycles. The zero-order chi connectivity index (χ0) is 20.4. The average Bonchev–Trinajstić information content (AvgIpc) is 3.17. The molecule has 1 heterocycles. The maximum Gasteiger partial charge on any atom is 0.222 e. The highest BCUT2D eigenvalue weighted by molar-refractivity contribution is 5.76. The summed E-state index contributed by atoms with van der Waals surface area (Å²) in [5.74, 6) is 0.186. The maximum absolute atomic E-state index is 12.8. The van der Waals surface area contributed by atoms with Crippen LogP contribution < -0.4 is 10.2 Å². The van der Waals surface area contributed by atoms with Crippen molar-refractivity contribution in [1.82, 2.24) is 10.2 Å². The molecule has 1 saturated heterocycles. The van der Waals surface area contributed by atoms with Gasteiger partial charge in [-0.15, -0.1) is 0 Å². The van der Waals surface area contributed by atoms with E-state index in [4.69, 9.17) is 4.74 Å². The molecule has 0 aromatic heterocycles. The summed E-state index contributed by atoms with van der Waals surface area (Å²) >= 11 is 0.